The molecule has 7 heteroatoms. The van der Waals surface area contributed by atoms with Gasteiger partial charge >= 0.3 is 0 Å². The molecular formula is C20H24N6S. The Hall–Kier alpha value is -2.59. The summed E-state index contributed by atoms with van der Waals surface area (Å²) in [5.74, 6) is 2.05. The number of allylic oxidation sites excluding steroid dienone is 1. The molecule has 2 aromatic rings. The second kappa shape index (κ2) is 9.93. The minimum absolute atomic E-state index is 0.466. The van der Waals surface area contributed by atoms with Crippen LogP contribution in [0.25, 0.3) is 5.57 Å². The Morgan fingerprint density at radius 1 is 1.22 bits per heavy atom. The summed E-state index contributed by atoms with van der Waals surface area (Å²) in [6, 6.07) is 12.9. The molecule has 1 heterocycles. The van der Waals surface area contributed by atoms with Gasteiger partial charge < -0.3 is 11.1 Å². The highest BCUT2D eigenvalue weighted by atomic mass is 32.2. The fourth-order valence-corrected chi connectivity index (χ4v) is 3.34. The van der Waals surface area contributed by atoms with Crippen molar-refractivity contribution in [2.75, 3.05) is 5.32 Å². The monoisotopic (exact) mass is 380 g/mol. The first-order valence-corrected chi connectivity index (χ1v) is 10.2. The third-order valence-electron chi connectivity index (χ3n) is 4.21. The fraction of sp³-hybridized carbons (Fsp3) is 0.400. The van der Waals surface area contributed by atoms with Gasteiger partial charge in [0.2, 0.25) is 5.95 Å². The highest BCUT2D eigenvalue weighted by molar-refractivity contribution is 7.98. The first-order valence-electron chi connectivity index (χ1n) is 9.26. The Kier molecular flexibility index (Phi) is 7.05. The van der Waals surface area contributed by atoms with Gasteiger partial charge in [-0.05, 0) is 37.7 Å². The number of nitrogens with zero attached hydrogens (tertiary/aromatic N) is 4. The van der Waals surface area contributed by atoms with E-state index in [1.165, 1.54) is 5.56 Å². The summed E-state index contributed by atoms with van der Waals surface area (Å²) in [6.45, 7) is 0. The molecule has 0 amide bonds. The average molecular weight is 381 g/mol. The summed E-state index contributed by atoms with van der Waals surface area (Å²) in [5.41, 5.74) is 7.97. The van der Waals surface area contributed by atoms with Crippen LogP contribution in [-0.4, -0.2) is 21.0 Å². The van der Waals surface area contributed by atoms with E-state index in [1.807, 2.05) is 18.2 Å². The van der Waals surface area contributed by atoms with Crippen LogP contribution in [-0.2, 0) is 5.75 Å². The van der Waals surface area contributed by atoms with Crippen molar-refractivity contribution >= 4 is 23.3 Å². The summed E-state index contributed by atoms with van der Waals surface area (Å²) in [6.07, 6.45) is 6.94. The van der Waals surface area contributed by atoms with Crippen molar-refractivity contribution < 1.29 is 0 Å². The molecule has 27 heavy (non-hydrogen) atoms. The van der Waals surface area contributed by atoms with E-state index in [0.29, 0.717) is 29.4 Å². The van der Waals surface area contributed by atoms with E-state index in [-0.39, 0.29) is 0 Å². The zero-order valence-electron chi connectivity index (χ0n) is 15.3. The molecule has 3 rings (SSSR count). The third-order valence-corrected chi connectivity index (χ3v) is 5.13. The minimum Gasteiger partial charge on any atom is -0.404 e. The number of nitrogens with two attached hydrogens (primary N) is 1. The average Bonchev–Trinajstić information content (AvgIpc) is 3.51. The van der Waals surface area contributed by atoms with Gasteiger partial charge in [-0.3, -0.25) is 0 Å². The molecule has 1 aliphatic carbocycles. The highest BCUT2D eigenvalue weighted by Gasteiger charge is 2.23. The van der Waals surface area contributed by atoms with Gasteiger partial charge in [-0.15, -0.1) is 0 Å². The van der Waals surface area contributed by atoms with Gasteiger partial charge in [0.1, 0.15) is 0 Å². The fourth-order valence-electron chi connectivity index (χ4n) is 2.55. The molecule has 0 radical (unpaired) electrons. The smallest absolute Gasteiger partial charge is 0.227 e. The maximum Gasteiger partial charge on any atom is 0.227 e. The van der Waals surface area contributed by atoms with Crippen LogP contribution >= 0.6 is 11.8 Å². The van der Waals surface area contributed by atoms with E-state index >= 15 is 0 Å². The maximum atomic E-state index is 8.69. The van der Waals surface area contributed by atoms with E-state index in [0.717, 1.165) is 43.4 Å². The number of nitrogens with one attached hydrogen (secondary N) is 1. The lowest BCUT2D eigenvalue weighted by atomic mass is 10.1. The van der Waals surface area contributed by atoms with Crippen molar-refractivity contribution in [3.63, 3.8) is 0 Å². The number of aromatic nitrogens is 3. The molecule has 0 saturated heterocycles. The van der Waals surface area contributed by atoms with Gasteiger partial charge in [0.05, 0.1) is 6.07 Å². The van der Waals surface area contributed by atoms with Crippen LogP contribution in [0.1, 0.15) is 49.9 Å². The van der Waals surface area contributed by atoms with Crippen LogP contribution in [0.3, 0.4) is 0 Å². The molecular weight excluding hydrogens is 356 g/mol. The predicted molar refractivity (Wildman–Crippen MR) is 109 cm³/mol. The molecule has 1 aromatic carbocycles. The minimum atomic E-state index is 0.466. The van der Waals surface area contributed by atoms with Crippen LogP contribution in [0.5, 0.6) is 0 Å². The van der Waals surface area contributed by atoms with Crippen LogP contribution < -0.4 is 11.1 Å². The SMILES string of the molecule is N#CCCCCC(=CN)c1nc(NC2CC2)nc(SCc2ccccc2)n1. The number of hydrogen-bond donors (Lipinski definition) is 2. The highest BCUT2D eigenvalue weighted by Crippen LogP contribution is 2.27. The molecule has 0 aliphatic heterocycles. The Morgan fingerprint density at radius 2 is 2.04 bits per heavy atom. The van der Waals surface area contributed by atoms with E-state index < -0.39 is 0 Å². The molecule has 1 saturated carbocycles. The molecule has 140 valence electrons. The lowest BCUT2D eigenvalue weighted by Crippen LogP contribution is -2.10. The molecule has 0 spiro atoms. The number of benzene rings is 1. The standard InChI is InChI=1S/C20H24N6S/c21-12-6-2-5-9-16(13-22)18-24-19(23-17-10-11-17)26-20(25-18)27-14-15-7-3-1-4-8-15/h1,3-4,7-8,13,17H,2,5-6,9-11,14,22H2,(H,23,24,25,26). The first kappa shape index (κ1) is 19.2. The number of thioether (sulfide) groups is 1. The molecule has 0 bridgehead atoms. The normalized spacial score (nSPS) is 14.0. The molecule has 3 N–H and O–H groups in total. The number of nitriles is 1. The zero-order valence-corrected chi connectivity index (χ0v) is 16.1. The van der Waals surface area contributed by atoms with Gasteiger partial charge in [0, 0.05) is 30.0 Å². The number of rotatable bonds is 10. The Morgan fingerprint density at radius 3 is 2.74 bits per heavy atom. The summed E-state index contributed by atoms with van der Waals surface area (Å²) < 4.78 is 0. The van der Waals surface area contributed by atoms with Gasteiger partial charge in [-0.1, -0.05) is 42.1 Å². The van der Waals surface area contributed by atoms with E-state index in [4.69, 9.17) is 11.0 Å². The van der Waals surface area contributed by atoms with Gasteiger partial charge in [0.15, 0.2) is 11.0 Å². The molecule has 1 fully saturated rings. The van der Waals surface area contributed by atoms with Gasteiger partial charge in [0.25, 0.3) is 0 Å². The van der Waals surface area contributed by atoms with Crippen LogP contribution in [0.2, 0.25) is 0 Å². The molecule has 1 aromatic heterocycles. The number of hydrogen-bond acceptors (Lipinski definition) is 7. The van der Waals surface area contributed by atoms with Crippen LogP contribution in [0.15, 0.2) is 41.7 Å². The van der Waals surface area contributed by atoms with Crippen molar-refractivity contribution in [1.82, 2.24) is 15.0 Å². The van der Waals surface area contributed by atoms with Crippen LogP contribution in [0.4, 0.5) is 5.95 Å². The van der Waals surface area contributed by atoms with Crippen molar-refractivity contribution in [3.8, 4) is 6.07 Å². The number of anilines is 1. The van der Waals surface area contributed by atoms with Crippen molar-refractivity contribution in [3.05, 3.63) is 47.9 Å². The summed E-state index contributed by atoms with van der Waals surface area (Å²) in [5, 5.41) is 12.7. The van der Waals surface area contributed by atoms with Crippen molar-refractivity contribution in [2.24, 2.45) is 5.73 Å². The second-order valence-electron chi connectivity index (χ2n) is 6.52. The van der Waals surface area contributed by atoms with Crippen LogP contribution in [0, 0.1) is 11.3 Å². The Labute approximate surface area is 164 Å². The molecule has 0 atom stereocenters. The summed E-state index contributed by atoms with van der Waals surface area (Å²) >= 11 is 1.60. The zero-order chi connectivity index (χ0) is 18.9. The maximum absolute atomic E-state index is 8.69. The first-order chi connectivity index (χ1) is 13.3. The number of unbranched alkanes of at least 4 members (excludes halogenated alkanes) is 2. The lowest BCUT2D eigenvalue weighted by Gasteiger charge is -2.10. The van der Waals surface area contributed by atoms with E-state index in [1.54, 1.807) is 18.0 Å². The van der Waals surface area contributed by atoms with E-state index in [2.05, 4.69) is 38.5 Å². The van der Waals surface area contributed by atoms with E-state index in [9.17, 15) is 0 Å². The summed E-state index contributed by atoms with van der Waals surface area (Å²) in [4.78, 5) is 13.8. The molecule has 0 unspecified atom stereocenters. The third kappa shape index (κ3) is 6.26. The molecule has 6 nitrogen and oxygen atoms in total. The van der Waals surface area contributed by atoms with Crippen molar-refractivity contribution in [1.29, 1.82) is 5.26 Å². The Balaban J connectivity index is 1.73. The quantitative estimate of drug-likeness (QED) is 0.472. The second-order valence-corrected chi connectivity index (χ2v) is 7.46. The lowest BCUT2D eigenvalue weighted by molar-refractivity contribution is 0.765. The largest absolute Gasteiger partial charge is 0.404 e. The molecule has 1 aliphatic rings. The van der Waals surface area contributed by atoms with Gasteiger partial charge in [-0.2, -0.15) is 15.2 Å². The summed E-state index contributed by atoms with van der Waals surface area (Å²) in [7, 11) is 0. The van der Waals surface area contributed by atoms with Crippen molar-refractivity contribution in [2.45, 2.75) is 55.5 Å². The predicted octanol–water partition coefficient (Wildman–Crippen LogP) is 4.12. The topological polar surface area (TPSA) is 101 Å². The van der Waals surface area contributed by atoms with Gasteiger partial charge in [-0.25, -0.2) is 4.98 Å². The Bertz CT molecular complexity index is 811.